The summed E-state index contributed by atoms with van der Waals surface area (Å²) < 4.78 is 43.3. The van der Waals surface area contributed by atoms with E-state index in [1.54, 1.807) is 58.0 Å². The maximum absolute atomic E-state index is 13.0. The van der Waals surface area contributed by atoms with E-state index >= 15 is 0 Å². The average molecular weight is 527 g/mol. The molecule has 35 heavy (non-hydrogen) atoms. The molecule has 0 amide bonds. The Morgan fingerprint density at radius 2 is 1.74 bits per heavy atom. The van der Waals surface area contributed by atoms with Gasteiger partial charge in [0.1, 0.15) is 18.3 Å². The fraction of sp³-hybridized carbons (Fsp3) is 0.478. The van der Waals surface area contributed by atoms with E-state index in [4.69, 9.17) is 34.9 Å². The Bertz CT molecular complexity index is 1250. The molecule has 4 atom stereocenters. The molecule has 1 aromatic heterocycles. The van der Waals surface area contributed by atoms with Crippen LogP contribution in [0.15, 0.2) is 51.8 Å². The summed E-state index contributed by atoms with van der Waals surface area (Å²) in [6.45, 7) is 7.34. The van der Waals surface area contributed by atoms with Crippen molar-refractivity contribution in [1.29, 1.82) is 0 Å². The molecule has 0 radical (unpaired) electrons. The highest BCUT2D eigenvalue weighted by Crippen LogP contribution is 2.51. The molecule has 0 spiro atoms. The molecule has 12 heteroatoms. The molecule has 4 rings (SSSR count). The zero-order valence-electron chi connectivity index (χ0n) is 19.8. The molecule has 190 valence electrons. The van der Waals surface area contributed by atoms with Crippen LogP contribution in [-0.4, -0.2) is 46.9 Å². The summed E-state index contributed by atoms with van der Waals surface area (Å²) in [4.78, 5) is 27.5. The monoisotopic (exact) mass is 526 g/mol. The molecule has 2 saturated heterocycles. The number of ether oxygens (including phenoxy) is 3. The smallest absolute Gasteiger partial charge is 0.345 e. The van der Waals surface area contributed by atoms with Gasteiger partial charge in [0.05, 0.1) is 18.9 Å². The highest BCUT2D eigenvalue weighted by atomic mass is 35.5. The van der Waals surface area contributed by atoms with Crippen LogP contribution in [0.2, 0.25) is 5.02 Å². The van der Waals surface area contributed by atoms with Crippen molar-refractivity contribution in [2.75, 3.05) is 13.2 Å². The molecule has 0 saturated carbocycles. The first kappa shape index (κ1) is 26.0. The second-order valence-corrected chi connectivity index (χ2v) is 10.8. The van der Waals surface area contributed by atoms with Gasteiger partial charge in [-0.1, -0.05) is 23.7 Å². The van der Waals surface area contributed by atoms with E-state index in [1.165, 1.54) is 16.5 Å². The Kier molecular flexibility index (Phi) is 7.54. The van der Waals surface area contributed by atoms with Crippen molar-refractivity contribution >= 4 is 19.2 Å². The Hall–Kier alpha value is -2.04. The summed E-state index contributed by atoms with van der Waals surface area (Å²) >= 11 is 6.02. The number of nitrogens with one attached hydrogen (secondary N) is 1. The number of rotatable bonds is 8. The van der Waals surface area contributed by atoms with Crippen LogP contribution < -0.4 is 11.2 Å². The molecule has 0 bridgehead atoms. The van der Waals surface area contributed by atoms with Gasteiger partial charge < -0.3 is 23.3 Å². The van der Waals surface area contributed by atoms with Crippen molar-refractivity contribution in [1.82, 2.24) is 9.55 Å². The third-order valence-electron chi connectivity index (χ3n) is 5.51. The number of H-pyrrole nitrogens is 1. The van der Waals surface area contributed by atoms with E-state index in [0.29, 0.717) is 16.3 Å². The molecule has 10 nitrogen and oxygen atoms in total. The highest BCUT2D eigenvalue weighted by molar-refractivity contribution is 7.57. The van der Waals surface area contributed by atoms with E-state index < -0.39 is 49.2 Å². The standard InChI is InChI=1S/C23H28ClN2O8P/c1-5-30-35(29,31-6-2)12-11-17-19-20(34-23(3,4)33-19)21(32-17)26-16(13-18(27)25-22(26)28)14-7-9-15(24)10-8-14/h7-13,17,19-21H,5-6H2,1-4H3,(H,25,27,28)/b12-11+/t17-,19-,20-,21-/m1/s1. The highest BCUT2D eigenvalue weighted by Gasteiger charge is 2.56. The Labute approximate surface area is 207 Å². The van der Waals surface area contributed by atoms with Crippen LogP contribution in [0.5, 0.6) is 0 Å². The summed E-state index contributed by atoms with van der Waals surface area (Å²) in [5.41, 5.74) is -0.308. The lowest BCUT2D eigenvalue weighted by atomic mass is 10.1. The van der Waals surface area contributed by atoms with Crippen molar-refractivity contribution in [2.24, 2.45) is 0 Å². The maximum atomic E-state index is 13.0. The first-order valence-corrected chi connectivity index (χ1v) is 13.3. The van der Waals surface area contributed by atoms with Gasteiger partial charge in [-0.25, -0.2) is 4.79 Å². The minimum atomic E-state index is -3.50. The van der Waals surface area contributed by atoms with Crippen LogP contribution >= 0.6 is 19.2 Å². The molecule has 1 N–H and O–H groups in total. The molecular weight excluding hydrogens is 499 g/mol. The molecule has 2 fully saturated rings. The number of hydrogen-bond donors (Lipinski definition) is 1. The van der Waals surface area contributed by atoms with E-state index in [-0.39, 0.29) is 13.2 Å². The van der Waals surface area contributed by atoms with Crippen LogP contribution in [0.3, 0.4) is 0 Å². The molecule has 2 aliphatic rings. The number of aromatic nitrogens is 2. The lowest BCUT2D eigenvalue weighted by molar-refractivity contribution is -0.191. The van der Waals surface area contributed by atoms with Crippen molar-refractivity contribution < 1.29 is 27.8 Å². The SMILES string of the molecule is CCOP(=O)(/C=C/[C@H]1O[C@@H](n2c(-c3ccc(Cl)cc3)cc(=O)[nH]c2=O)[C@@H]2OC(C)(C)O[C@@H]21)OCC. The molecule has 2 aliphatic heterocycles. The number of halogens is 1. The van der Waals surface area contributed by atoms with Crippen LogP contribution in [-0.2, 0) is 27.8 Å². The van der Waals surface area contributed by atoms with Crippen LogP contribution in [0, 0.1) is 0 Å². The lowest BCUT2D eigenvalue weighted by Gasteiger charge is -2.25. The van der Waals surface area contributed by atoms with Gasteiger partial charge in [-0.05, 0) is 51.5 Å². The second-order valence-electron chi connectivity index (χ2n) is 8.47. The first-order chi connectivity index (χ1) is 16.6. The molecule has 1 aromatic carbocycles. The molecule has 2 aromatic rings. The molecule has 0 aliphatic carbocycles. The Morgan fingerprint density at radius 3 is 2.37 bits per heavy atom. The summed E-state index contributed by atoms with van der Waals surface area (Å²) in [7, 11) is -3.50. The fourth-order valence-electron chi connectivity index (χ4n) is 4.24. The summed E-state index contributed by atoms with van der Waals surface area (Å²) in [6, 6.07) is 8.04. The quantitative estimate of drug-likeness (QED) is 0.512. The molecular formula is C23H28ClN2O8P. The second kappa shape index (κ2) is 10.1. The predicted octanol–water partition coefficient (Wildman–Crippen LogP) is 4.05. The predicted molar refractivity (Wildman–Crippen MR) is 130 cm³/mol. The van der Waals surface area contributed by atoms with Crippen molar-refractivity contribution in [3.05, 3.63) is 68.1 Å². The van der Waals surface area contributed by atoms with Crippen molar-refractivity contribution in [2.45, 2.75) is 58.0 Å². The van der Waals surface area contributed by atoms with Gasteiger partial charge in [0.25, 0.3) is 5.56 Å². The van der Waals surface area contributed by atoms with Crippen molar-refractivity contribution in [3.63, 3.8) is 0 Å². The van der Waals surface area contributed by atoms with Gasteiger partial charge in [0.15, 0.2) is 12.0 Å². The van der Waals surface area contributed by atoms with Gasteiger partial charge in [-0.15, -0.1) is 0 Å². The Balaban J connectivity index is 1.76. The zero-order chi connectivity index (χ0) is 25.4. The Morgan fingerprint density at radius 1 is 1.11 bits per heavy atom. The van der Waals surface area contributed by atoms with Crippen LogP contribution in [0.25, 0.3) is 11.3 Å². The minimum absolute atomic E-state index is 0.200. The number of aromatic amines is 1. The van der Waals surface area contributed by atoms with Gasteiger partial charge in [-0.3, -0.25) is 18.9 Å². The van der Waals surface area contributed by atoms with E-state index in [2.05, 4.69) is 4.98 Å². The molecule has 3 heterocycles. The van der Waals surface area contributed by atoms with Gasteiger partial charge >= 0.3 is 13.3 Å². The average Bonchev–Trinajstić information content (AvgIpc) is 3.26. The third kappa shape index (κ3) is 5.54. The van der Waals surface area contributed by atoms with Crippen LogP contribution in [0.1, 0.15) is 33.9 Å². The van der Waals surface area contributed by atoms with Gasteiger partial charge in [-0.2, -0.15) is 0 Å². The van der Waals surface area contributed by atoms with E-state index in [0.717, 1.165) is 0 Å². The maximum Gasteiger partial charge on any atom is 0.353 e. The summed E-state index contributed by atoms with van der Waals surface area (Å²) in [5.74, 6) is 0.383. The normalized spacial score (nSPS) is 25.9. The molecule has 0 unspecified atom stereocenters. The number of hydrogen-bond acceptors (Lipinski definition) is 8. The zero-order valence-corrected chi connectivity index (χ0v) is 21.5. The fourth-order valence-corrected chi connectivity index (χ4v) is 5.72. The topological polar surface area (TPSA) is 118 Å². The lowest BCUT2D eigenvalue weighted by Crippen LogP contribution is -2.38. The van der Waals surface area contributed by atoms with Gasteiger partial charge in [0.2, 0.25) is 0 Å². The van der Waals surface area contributed by atoms with Crippen molar-refractivity contribution in [3.8, 4) is 11.3 Å². The van der Waals surface area contributed by atoms with Gasteiger partial charge in [0, 0.05) is 16.9 Å². The largest absolute Gasteiger partial charge is 0.353 e. The summed E-state index contributed by atoms with van der Waals surface area (Å²) in [5, 5.41) is 0.511. The number of fused-ring (bicyclic) bond motifs is 1. The van der Waals surface area contributed by atoms with E-state index in [1.807, 2.05) is 0 Å². The first-order valence-electron chi connectivity index (χ1n) is 11.3. The van der Waals surface area contributed by atoms with E-state index in [9.17, 15) is 14.2 Å². The van der Waals surface area contributed by atoms with Crippen LogP contribution in [0.4, 0.5) is 0 Å². The minimum Gasteiger partial charge on any atom is -0.345 e. The summed E-state index contributed by atoms with van der Waals surface area (Å²) in [6.07, 6.45) is -1.47. The number of benzene rings is 1. The third-order valence-corrected chi connectivity index (χ3v) is 7.54. The number of nitrogens with zero attached hydrogens (tertiary/aromatic N) is 1.